The van der Waals surface area contributed by atoms with Crippen LogP contribution in [-0.4, -0.2) is 11.9 Å². The molecule has 108 valence electrons. The lowest BCUT2D eigenvalue weighted by atomic mass is 9.78. The predicted molar refractivity (Wildman–Crippen MR) is 75.0 cm³/mol. The lowest BCUT2D eigenvalue weighted by Gasteiger charge is -2.31. The van der Waals surface area contributed by atoms with Gasteiger partial charge in [0.1, 0.15) is 0 Å². The topological polar surface area (TPSA) is 69.2 Å². The lowest BCUT2D eigenvalue weighted by Crippen LogP contribution is -2.42. The number of aryl methyl sites for hydroxylation is 2. The highest BCUT2D eigenvalue weighted by Crippen LogP contribution is 2.31. The van der Waals surface area contributed by atoms with Crippen LogP contribution in [0.15, 0.2) is 18.2 Å². The third-order valence-electron chi connectivity index (χ3n) is 4.06. The third kappa shape index (κ3) is 3.18. The van der Waals surface area contributed by atoms with E-state index in [4.69, 9.17) is 0 Å². The van der Waals surface area contributed by atoms with Crippen molar-refractivity contribution in [3.8, 4) is 0 Å². The molecule has 1 aromatic carbocycles. The van der Waals surface area contributed by atoms with Gasteiger partial charge in [-0.25, -0.2) is 0 Å². The van der Waals surface area contributed by atoms with Crippen molar-refractivity contribution < 1.29 is 14.7 Å². The van der Waals surface area contributed by atoms with Gasteiger partial charge in [0.25, 0.3) is 0 Å². The van der Waals surface area contributed by atoms with Crippen LogP contribution in [-0.2, 0) is 9.59 Å². The minimum Gasteiger partial charge on any atom is -0.550 e. The van der Waals surface area contributed by atoms with Crippen molar-refractivity contribution in [3.05, 3.63) is 29.3 Å². The van der Waals surface area contributed by atoms with Gasteiger partial charge in [0.2, 0.25) is 5.91 Å². The first-order valence-corrected chi connectivity index (χ1v) is 7.08. The van der Waals surface area contributed by atoms with E-state index in [2.05, 4.69) is 5.32 Å². The number of hydrogen-bond acceptors (Lipinski definition) is 3. The Morgan fingerprint density at radius 1 is 1.15 bits per heavy atom. The summed E-state index contributed by atoms with van der Waals surface area (Å²) in [6.07, 6.45) is 2.91. The second kappa shape index (κ2) is 6.07. The summed E-state index contributed by atoms with van der Waals surface area (Å²) < 4.78 is 0. The van der Waals surface area contributed by atoms with E-state index in [1.54, 1.807) is 0 Å². The highest BCUT2D eigenvalue weighted by molar-refractivity contribution is 5.95. The summed E-state index contributed by atoms with van der Waals surface area (Å²) in [7, 11) is 0. The van der Waals surface area contributed by atoms with E-state index < -0.39 is 17.8 Å². The van der Waals surface area contributed by atoms with Gasteiger partial charge in [-0.3, -0.25) is 4.79 Å². The maximum atomic E-state index is 12.3. The molecule has 0 spiro atoms. The molecule has 0 unspecified atom stereocenters. The van der Waals surface area contributed by atoms with E-state index in [9.17, 15) is 14.7 Å². The number of carboxylic acids is 1. The van der Waals surface area contributed by atoms with Gasteiger partial charge in [0, 0.05) is 23.5 Å². The summed E-state index contributed by atoms with van der Waals surface area (Å²) in [5.41, 5.74) is 2.80. The summed E-state index contributed by atoms with van der Waals surface area (Å²) in [5, 5.41) is 14.0. The second-order valence-electron chi connectivity index (χ2n) is 5.62. The van der Waals surface area contributed by atoms with Crippen LogP contribution in [0.2, 0.25) is 0 Å². The molecule has 0 radical (unpaired) electrons. The number of hydrogen-bond donors (Lipinski definition) is 1. The Balaban J connectivity index is 2.14. The average Bonchev–Trinajstić information content (AvgIpc) is 2.42. The minimum atomic E-state index is -1.11. The number of amides is 1. The summed E-state index contributed by atoms with van der Waals surface area (Å²) in [6, 6.07) is 5.84. The first-order chi connectivity index (χ1) is 9.49. The number of anilines is 1. The van der Waals surface area contributed by atoms with Crippen molar-refractivity contribution in [1.29, 1.82) is 0 Å². The molecule has 0 heterocycles. The van der Waals surface area contributed by atoms with E-state index in [1.807, 2.05) is 32.0 Å². The molecule has 1 aromatic rings. The summed E-state index contributed by atoms with van der Waals surface area (Å²) >= 11 is 0. The van der Waals surface area contributed by atoms with Crippen LogP contribution >= 0.6 is 0 Å². The van der Waals surface area contributed by atoms with Crippen molar-refractivity contribution in [1.82, 2.24) is 0 Å². The number of carbonyl (C=O) groups excluding carboxylic acids is 2. The van der Waals surface area contributed by atoms with E-state index in [0.717, 1.165) is 29.7 Å². The van der Waals surface area contributed by atoms with Crippen LogP contribution in [0.25, 0.3) is 0 Å². The first kappa shape index (κ1) is 14.6. The van der Waals surface area contributed by atoms with Crippen LogP contribution in [0.1, 0.15) is 36.8 Å². The predicted octanol–water partition coefficient (Wildman–Crippen LogP) is 1.80. The van der Waals surface area contributed by atoms with Crippen LogP contribution in [0.3, 0.4) is 0 Å². The third-order valence-corrected chi connectivity index (χ3v) is 4.06. The number of carboxylic acid groups (broad SMARTS) is 1. The maximum absolute atomic E-state index is 12.3. The van der Waals surface area contributed by atoms with Crippen molar-refractivity contribution in [3.63, 3.8) is 0 Å². The smallest absolute Gasteiger partial charge is 0.228 e. The minimum absolute atomic E-state index is 0.201. The molecule has 1 N–H and O–H groups in total. The van der Waals surface area contributed by atoms with E-state index >= 15 is 0 Å². The zero-order valence-corrected chi connectivity index (χ0v) is 11.9. The largest absolute Gasteiger partial charge is 0.550 e. The molecule has 2 atom stereocenters. The SMILES string of the molecule is Cc1ccc(C)c(NC(=O)[C@@H]2CCCC[C@H]2C(=O)[O-])c1. The molecule has 20 heavy (non-hydrogen) atoms. The molecule has 4 heteroatoms. The zero-order chi connectivity index (χ0) is 14.7. The standard InChI is InChI=1S/C16H21NO3/c1-10-7-8-11(2)14(9-10)17-15(18)12-5-3-4-6-13(12)16(19)20/h7-9,12-13H,3-6H2,1-2H3,(H,17,18)(H,19,20)/p-1/t12-,13-/m1/s1. The molecule has 2 rings (SSSR count). The lowest BCUT2D eigenvalue weighted by molar-refractivity contribution is -0.313. The quantitative estimate of drug-likeness (QED) is 0.913. The van der Waals surface area contributed by atoms with Gasteiger partial charge in [-0.15, -0.1) is 0 Å². The Kier molecular flexibility index (Phi) is 4.42. The van der Waals surface area contributed by atoms with Gasteiger partial charge >= 0.3 is 0 Å². The maximum Gasteiger partial charge on any atom is 0.228 e. The van der Waals surface area contributed by atoms with Gasteiger partial charge in [-0.05, 0) is 43.9 Å². The normalized spacial score (nSPS) is 22.3. The highest BCUT2D eigenvalue weighted by Gasteiger charge is 2.31. The molecule has 0 aromatic heterocycles. The highest BCUT2D eigenvalue weighted by atomic mass is 16.4. The van der Waals surface area contributed by atoms with E-state index in [1.165, 1.54) is 0 Å². The van der Waals surface area contributed by atoms with Crippen molar-refractivity contribution in [2.24, 2.45) is 11.8 Å². The molecule has 1 fully saturated rings. The number of rotatable bonds is 3. The van der Waals surface area contributed by atoms with E-state index in [0.29, 0.717) is 12.8 Å². The van der Waals surface area contributed by atoms with E-state index in [-0.39, 0.29) is 5.91 Å². The van der Waals surface area contributed by atoms with Crippen LogP contribution in [0.4, 0.5) is 5.69 Å². The zero-order valence-electron chi connectivity index (χ0n) is 11.9. The summed E-state index contributed by atoms with van der Waals surface area (Å²) in [4.78, 5) is 23.5. The molecule has 1 aliphatic rings. The first-order valence-electron chi connectivity index (χ1n) is 7.08. The molecular formula is C16H20NO3-. The summed E-state index contributed by atoms with van der Waals surface area (Å²) in [6.45, 7) is 3.88. The van der Waals surface area contributed by atoms with Crippen molar-refractivity contribution in [2.75, 3.05) is 5.32 Å². The van der Waals surface area contributed by atoms with Crippen LogP contribution in [0, 0.1) is 25.7 Å². The summed E-state index contributed by atoms with van der Waals surface area (Å²) in [5.74, 6) is -2.44. The fraction of sp³-hybridized carbons (Fsp3) is 0.500. The Morgan fingerprint density at radius 3 is 2.45 bits per heavy atom. The molecule has 0 bridgehead atoms. The Morgan fingerprint density at radius 2 is 1.80 bits per heavy atom. The monoisotopic (exact) mass is 274 g/mol. The number of aliphatic carboxylic acids is 1. The number of benzene rings is 1. The van der Waals surface area contributed by atoms with Crippen molar-refractivity contribution in [2.45, 2.75) is 39.5 Å². The van der Waals surface area contributed by atoms with Gasteiger partial charge in [-0.2, -0.15) is 0 Å². The Bertz CT molecular complexity index is 524. The van der Waals surface area contributed by atoms with Crippen molar-refractivity contribution >= 4 is 17.6 Å². The number of nitrogens with one attached hydrogen (secondary N) is 1. The molecule has 0 saturated heterocycles. The van der Waals surface area contributed by atoms with Gasteiger partial charge < -0.3 is 15.2 Å². The van der Waals surface area contributed by atoms with Gasteiger partial charge in [0.15, 0.2) is 0 Å². The molecule has 0 aliphatic heterocycles. The second-order valence-corrected chi connectivity index (χ2v) is 5.62. The van der Waals surface area contributed by atoms with Gasteiger partial charge in [-0.1, -0.05) is 25.0 Å². The Hall–Kier alpha value is -1.84. The molecule has 1 aliphatic carbocycles. The fourth-order valence-corrected chi connectivity index (χ4v) is 2.82. The fourth-order valence-electron chi connectivity index (χ4n) is 2.82. The van der Waals surface area contributed by atoms with Crippen LogP contribution in [0.5, 0.6) is 0 Å². The molecule has 4 nitrogen and oxygen atoms in total. The molecular weight excluding hydrogens is 254 g/mol. The number of carbonyl (C=O) groups is 2. The average molecular weight is 274 g/mol. The molecule has 1 amide bonds. The Labute approximate surface area is 119 Å². The molecule has 1 saturated carbocycles. The van der Waals surface area contributed by atoms with Gasteiger partial charge in [0.05, 0.1) is 0 Å². The van der Waals surface area contributed by atoms with Crippen LogP contribution < -0.4 is 10.4 Å².